The van der Waals surface area contributed by atoms with E-state index in [0.29, 0.717) is 5.84 Å². The Morgan fingerprint density at radius 1 is 1.23 bits per heavy atom. The second-order valence-corrected chi connectivity index (χ2v) is 6.98. The summed E-state index contributed by atoms with van der Waals surface area (Å²) >= 11 is 0. The number of nitrogens with zero attached hydrogens (tertiary/aromatic N) is 3. The summed E-state index contributed by atoms with van der Waals surface area (Å²) in [7, 11) is 3.18. The van der Waals surface area contributed by atoms with Crippen molar-refractivity contribution in [1.82, 2.24) is 15.0 Å². The number of methoxy groups -OCH3 is 1. The van der Waals surface area contributed by atoms with E-state index in [1.165, 1.54) is 19.2 Å². The van der Waals surface area contributed by atoms with E-state index in [1.54, 1.807) is 25.6 Å². The summed E-state index contributed by atoms with van der Waals surface area (Å²) in [4.78, 5) is 14.1. The first-order valence-corrected chi connectivity index (χ1v) is 10.0. The number of aliphatic imine (C=N–C) groups is 1. The van der Waals surface area contributed by atoms with E-state index in [-0.39, 0.29) is 11.9 Å². The van der Waals surface area contributed by atoms with E-state index in [2.05, 4.69) is 10.5 Å². The maximum atomic E-state index is 13.3. The second-order valence-electron chi connectivity index (χ2n) is 6.98. The molecule has 1 N–H and O–H groups in total. The number of hydroxylamine groups is 1. The maximum absolute atomic E-state index is 13.3. The molecule has 0 fully saturated rings. The Kier molecular flexibility index (Phi) is 7.56. The van der Waals surface area contributed by atoms with E-state index in [0.717, 1.165) is 34.7 Å². The van der Waals surface area contributed by atoms with E-state index in [9.17, 15) is 4.39 Å². The summed E-state index contributed by atoms with van der Waals surface area (Å²) in [6.07, 6.45) is 8.23. The fraction of sp³-hybridized carbons (Fsp3) is 0.250. The third-order valence-electron chi connectivity index (χ3n) is 4.77. The van der Waals surface area contributed by atoms with Crippen molar-refractivity contribution in [3.8, 4) is 11.4 Å². The number of imidazole rings is 1. The molecule has 0 aliphatic rings. The molecule has 7 heteroatoms. The zero-order chi connectivity index (χ0) is 22.2. The third kappa shape index (κ3) is 5.79. The van der Waals surface area contributed by atoms with Crippen molar-refractivity contribution in [3.05, 3.63) is 83.7 Å². The van der Waals surface area contributed by atoms with Crippen LogP contribution in [-0.4, -0.2) is 29.6 Å². The molecule has 3 rings (SSSR count). The van der Waals surface area contributed by atoms with Gasteiger partial charge in [0.25, 0.3) is 0 Å². The van der Waals surface area contributed by atoms with Crippen LogP contribution in [0.3, 0.4) is 0 Å². The molecular weight excluding hydrogens is 395 g/mol. The van der Waals surface area contributed by atoms with Gasteiger partial charge in [-0.25, -0.2) is 14.9 Å². The molecule has 162 valence electrons. The van der Waals surface area contributed by atoms with Gasteiger partial charge in [0, 0.05) is 6.20 Å². The van der Waals surface area contributed by atoms with Gasteiger partial charge in [0.2, 0.25) is 0 Å². The number of ether oxygens (including phenoxy) is 1. The molecule has 2 aromatic carbocycles. The van der Waals surface area contributed by atoms with E-state index < -0.39 is 0 Å². The molecule has 1 heterocycles. The number of hydrogen-bond acceptors (Lipinski definition) is 4. The number of nitrogens with one attached hydrogen (secondary N) is 1. The molecule has 1 aromatic heterocycles. The Bertz CT molecular complexity index is 1060. The second kappa shape index (κ2) is 10.5. The number of hydrogen-bond donors (Lipinski definition) is 1. The van der Waals surface area contributed by atoms with Gasteiger partial charge < -0.3 is 9.30 Å². The van der Waals surface area contributed by atoms with Crippen molar-refractivity contribution >= 4 is 11.9 Å². The van der Waals surface area contributed by atoms with Crippen molar-refractivity contribution in [1.29, 1.82) is 0 Å². The summed E-state index contributed by atoms with van der Waals surface area (Å²) in [5, 5.41) is 0. The van der Waals surface area contributed by atoms with E-state index >= 15 is 0 Å². The highest BCUT2D eigenvalue weighted by Crippen LogP contribution is 2.25. The van der Waals surface area contributed by atoms with Crippen LogP contribution in [0.5, 0.6) is 5.75 Å². The monoisotopic (exact) mass is 422 g/mol. The molecule has 0 saturated carbocycles. The highest BCUT2D eigenvalue weighted by Gasteiger charge is 2.10. The van der Waals surface area contributed by atoms with Crippen molar-refractivity contribution in [2.75, 3.05) is 14.2 Å². The molecule has 0 saturated heterocycles. The Labute approximate surface area is 182 Å². The molecule has 0 aliphatic heterocycles. The highest BCUT2D eigenvalue weighted by atomic mass is 19.1. The topological polar surface area (TPSA) is 60.7 Å². The molecule has 1 unspecified atom stereocenters. The van der Waals surface area contributed by atoms with E-state index in [1.807, 2.05) is 55.0 Å². The predicted octanol–water partition coefficient (Wildman–Crippen LogP) is 5.04. The lowest BCUT2D eigenvalue weighted by molar-refractivity contribution is 0.145. The lowest BCUT2D eigenvalue weighted by Gasteiger charge is -2.13. The first-order valence-electron chi connectivity index (χ1n) is 10.0. The van der Waals surface area contributed by atoms with Crippen LogP contribution < -0.4 is 10.2 Å². The average molecular weight is 423 g/mol. The smallest absolute Gasteiger partial charge is 0.145 e. The number of benzene rings is 2. The lowest BCUT2D eigenvalue weighted by atomic mass is 10.1. The van der Waals surface area contributed by atoms with Crippen LogP contribution in [-0.2, 0) is 4.84 Å². The predicted molar refractivity (Wildman–Crippen MR) is 121 cm³/mol. The Morgan fingerprint density at radius 2 is 2.00 bits per heavy atom. The van der Waals surface area contributed by atoms with Crippen LogP contribution in [0.25, 0.3) is 11.8 Å². The van der Waals surface area contributed by atoms with Crippen LogP contribution >= 0.6 is 0 Å². The van der Waals surface area contributed by atoms with Crippen molar-refractivity contribution in [2.24, 2.45) is 4.99 Å². The highest BCUT2D eigenvalue weighted by molar-refractivity contribution is 5.96. The average Bonchev–Trinajstić information content (AvgIpc) is 3.22. The largest absolute Gasteiger partial charge is 0.495 e. The maximum Gasteiger partial charge on any atom is 0.145 e. The fourth-order valence-corrected chi connectivity index (χ4v) is 3.20. The molecule has 0 amide bonds. The van der Waals surface area contributed by atoms with Crippen molar-refractivity contribution in [2.45, 2.75) is 26.3 Å². The molecular formula is C24H27FN4O2. The van der Waals surface area contributed by atoms with Crippen LogP contribution in [0.15, 0.2) is 66.1 Å². The van der Waals surface area contributed by atoms with Crippen LogP contribution in [0.2, 0.25) is 0 Å². The minimum absolute atomic E-state index is 0.121. The number of amidine groups is 1. The zero-order valence-electron chi connectivity index (χ0n) is 18.2. The van der Waals surface area contributed by atoms with E-state index in [4.69, 9.17) is 14.6 Å². The summed E-state index contributed by atoms with van der Waals surface area (Å²) in [6, 6.07) is 12.2. The SMILES string of the molecule is CCC(N=C(C=Cc1ccc(-n2cnc(C)c2)c(OC)c1)NOC)c1ccc(F)cc1. The van der Waals surface area contributed by atoms with Crippen molar-refractivity contribution < 1.29 is 14.0 Å². The summed E-state index contributed by atoms with van der Waals surface area (Å²) in [5.74, 6) is 1.03. The molecule has 0 radical (unpaired) electrons. The van der Waals surface area contributed by atoms with Gasteiger partial charge in [0.1, 0.15) is 17.4 Å². The van der Waals surface area contributed by atoms with Gasteiger partial charge in [0.15, 0.2) is 0 Å². The third-order valence-corrected chi connectivity index (χ3v) is 4.77. The van der Waals surface area contributed by atoms with Gasteiger partial charge in [0.05, 0.1) is 38.0 Å². The Morgan fingerprint density at radius 3 is 2.61 bits per heavy atom. The number of aromatic nitrogens is 2. The van der Waals surface area contributed by atoms with Crippen LogP contribution in [0.1, 0.15) is 36.2 Å². The molecule has 3 aromatic rings. The van der Waals surface area contributed by atoms with Gasteiger partial charge in [-0.2, -0.15) is 0 Å². The molecule has 0 bridgehead atoms. The summed E-state index contributed by atoms with van der Waals surface area (Å²) in [6.45, 7) is 3.98. The summed E-state index contributed by atoms with van der Waals surface area (Å²) < 4.78 is 20.7. The normalized spacial score (nSPS) is 12.9. The van der Waals surface area contributed by atoms with Gasteiger partial charge >= 0.3 is 0 Å². The fourth-order valence-electron chi connectivity index (χ4n) is 3.20. The first-order chi connectivity index (χ1) is 15.0. The molecule has 6 nitrogen and oxygen atoms in total. The van der Waals surface area contributed by atoms with Crippen LogP contribution in [0.4, 0.5) is 4.39 Å². The quantitative estimate of drug-likeness (QED) is 0.314. The van der Waals surface area contributed by atoms with Gasteiger partial charge in [-0.05, 0) is 54.8 Å². The Hall–Kier alpha value is -3.45. The van der Waals surface area contributed by atoms with Gasteiger partial charge in [-0.15, -0.1) is 0 Å². The number of aryl methyl sites for hydroxylation is 1. The molecule has 1 atom stereocenters. The Balaban J connectivity index is 1.85. The first kappa shape index (κ1) is 22.2. The number of rotatable bonds is 8. The molecule has 0 spiro atoms. The van der Waals surface area contributed by atoms with Crippen molar-refractivity contribution in [3.63, 3.8) is 0 Å². The van der Waals surface area contributed by atoms with Gasteiger partial charge in [-0.3, -0.25) is 9.83 Å². The minimum Gasteiger partial charge on any atom is -0.495 e. The zero-order valence-corrected chi connectivity index (χ0v) is 18.2. The standard InChI is InChI=1S/C24H27FN4O2/c1-5-21(19-8-10-20(25)11-9-19)27-24(28-31-4)13-7-18-6-12-22(23(14-18)30-3)29-15-17(2)26-16-29/h6-16,21H,5H2,1-4H3,(H,27,28). The number of halogens is 1. The van der Waals surface area contributed by atoms with Gasteiger partial charge in [-0.1, -0.05) is 31.2 Å². The summed E-state index contributed by atoms with van der Waals surface area (Å²) in [5.41, 5.74) is 6.54. The minimum atomic E-state index is -0.263. The molecule has 31 heavy (non-hydrogen) atoms. The lowest BCUT2D eigenvalue weighted by Crippen LogP contribution is -2.20. The molecule has 0 aliphatic carbocycles. The van der Waals surface area contributed by atoms with Crippen LogP contribution in [0, 0.1) is 12.7 Å².